The van der Waals surface area contributed by atoms with Crippen LogP contribution in [0.1, 0.15) is 72.1 Å². The van der Waals surface area contributed by atoms with Crippen molar-refractivity contribution in [2.75, 3.05) is 0 Å². The fraction of sp³-hybridized carbons (Fsp3) is 0.941. The van der Waals surface area contributed by atoms with Gasteiger partial charge in [-0.1, -0.05) is 13.8 Å². The third-order valence-electron chi connectivity index (χ3n) is 5.97. The van der Waals surface area contributed by atoms with E-state index in [1.165, 1.54) is 38.5 Å². The van der Waals surface area contributed by atoms with Crippen molar-refractivity contribution >= 4 is 5.97 Å². The quantitative estimate of drug-likeness (QED) is 0.808. The topological polar surface area (TPSA) is 49.3 Å². The van der Waals surface area contributed by atoms with Crippen molar-refractivity contribution in [2.24, 2.45) is 16.7 Å². The van der Waals surface area contributed by atoms with Crippen LogP contribution >= 0.6 is 0 Å². The van der Waals surface area contributed by atoms with Crippen LogP contribution in [0.2, 0.25) is 0 Å². The number of carboxylic acid groups (broad SMARTS) is 1. The fourth-order valence-corrected chi connectivity index (χ4v) is 6.54. The van der Waals surface area contributed by atoms with Gasteiger partial charge in [0.25, 0.3) is 0 Å². The SMILES string of the molecule is CC(CCC(=O)O)NC12CC3CC(C)(CC(C)(C3)C1)C2. The fourth-order valence-electron chi connectivity index (χ4n) is 6.54. The minimum Gasteiger partial charge on any atom is -0.481 e. The van der Waals surface area contributed by atoms with Crippen LogP contribution in [-0.2, 0) is 4.79 Å². The zero-order valence-corrected chi connectivity index (χ0v) is 13.2. The van der Waals surface area contributed by atoms with Crippen LogP contribution in [0.5, 0.6) is 0 Å². The van der Waals surface area contributed by atoms with Crippen LogP contribution in [0.4, 0.5) is 0 Å². The van der Waals surface area contributed by atoms with E-state index in [1.54, 1.807) is 0 Å². The summed E-state index contributed by atoms with van der Waals surface area (Å²) in [5, 5.41) is 12.7. The van der Waals surface area contributed by atoms with E-state index >= 15 is 0 Å². The number of hydrogen-bond donors (Lipinski definition) is 2. The number of carboxylic acids is 1. The zero-order valence-electron chi connectivity index (χ0n) is 13.2. The van der Waals surface area contributed by atoms with Crippen LogP contribution in [0, 0.1) is 16.7 Å². The Morgan fingerprint density at radius 1 is 1.20 bits per heavy atom. The Bertz CT molecular complexity index is 401. The van der Waals surface area contributed by atoms with E-state index in [4.69, 9.17) is 5.11 Å². The van der Waals surface area contributed by atoms with Crippen LogP contribution in [0.25, 0.3) is 0 Å². The van der Waals surface area contributed by atoms with Gasteiger partial charge >= 0.3 is 5.97 Å². The van der Waals surface area contributed by atoms with E-state index in [0.29, 0.717) is 22.4 Å². The molecule has 4 aliphatic rings. The highest BCUT2D eigenvalue weighted by Gasteiger charge is 2.60. The molecule has 3 atom stereocenters. The molecule has 2 N–H and O–H groups in total. The molecular formula is C17H29NO2. The maximum absolute atomic E-state index is 10.7. The Kier molecular flexibility index (Phi) is 3.20. The first-order valence-corrected chi connectivity index (χ1v) is 8.21. The van der Waals surface area contributed by atoms with Gasteiger partial charge in [-0.3, -0.25) is 4.79 Å². The van der Waals surface area contributed by atoms with E-state index in [9.17, 15) is 4.79 Å². The molecule has 3 unspecified atom stereocenters. The summed E-state index contributed by atoms with van der Waals surface area (Å²) in [5.41, 5.74) is 1.34. The highest BCUT2D eigenvalue weighted by molar-refractivity contribution is 5.66. The summed E-state index contributed by atoms with van der Waals surface area (Å²) >= 11 is 0. The smallest absolute Gasteiger partial charge is 0.303 e. The highest BCUT2D eigenvalue weighted by Crippen LogP contribution is 2.66. The molecule has 0 spiro atoms. The maximum atomic E-state index is 10.7. The summed E-state index contributed by atoms with van der Waals surface area (Å²) in [4.78, 5) is 10.7. The molecule has 4 fully saturated rings. The summed E-state index contributed by atoms with van der Waals surface area (Å²) in [6, 6.07) is 0.314. The predicted molar refractivity (Wildman–Crippen MR) is 79.6 cm³/mol. The van der Waals surface area contributed by atoms with Gasteiger partial charge in [0.15, 0.2) is 0 Å². The lowest BCUT2D eigenvalue weighted by molar-refractivity contribution is -0.137. The first-order valence-electron chi connectivity index (χ1n) is 8.21. The molecule has 0 radical (unpaired) electrons. The Morgan fingerprint density at radius 2 is 1.80 bits per heavy atom. The van der Waals surface area contributed by atoms with Gasteiger partial charge in [-0.2, -0.15) is 0 Å². The molecule has 4 bridgehead atoms. The Morgan fingerprint density at radius 3 is 2.30 bits per heavy atom. The summed E-state index contributed by atoms with van der Waals surface area (Å²) in [6.45, 7) is 7.12. The number of rotatable bonds is 5. The van der Waals surface area contributed by atoms with Crippen LogP contribution in [0.3, 0.4) is 0 Å². The average Bonchev–Trinajstić information content (AvgIpc) is 2.20. The molecular weight excluding hydrogens is 250 g/mol. The molecule has 4 saturated carbocycles. The minimum absolute atomic E-state index is 0.280. The molecule has 114 valence electrons. The summed E-state index contributed by atoms with van der Waals surface area (Å²) < 4.78 is 0. The van der Waals surface area contributed by atoms with Gasteiger partial charge in [0.05, 0.1) is 0 Å². The molecule has 0 saturated heterocycles. The van der Waals surface area contributed by atoms with Gasteiger partial charge in [0.2, 0.25) is 0 Å². The molecule has 0 aromatic rings. The molecule has 4 rings (SSSR count). The summed E-state index contributed by atoms with van der Waals surface area (Å²) in [5.74, 6) is 0.212. The van der Waals surface area contributed by atoms with Gasteiger partial charge in [0.1, 0.15) is 0 Å². The highest BCUT2D eigenvalue weighted by atomic mass is 16.4. The predicted octanol–water partition coefficient (Wildman–Crippen LogP) is 3.58. The normalized spacial score (nSPS) is 47.5. The van der Waals surface area contributed by atoms with Gasteiger partial charge < -0.3 is 10.4 Å². The molecule has 3 heteroatoms. The largest absolute Gasteiger partial charge is 0.481 e. The van der Waals surface area contributed by atoms with E-state index in [2.05, 4.69) is 26.1 Å². The zero-order chi connectivity index (χ0) is 14.6. The molecule has 0 amide bonds. The lowest BCUT2D eigenvalue weighted by Crippen LogP contribution is -2.65. The van der Waals surface area contributed by atoms with Crippen LogP contribution in [-0.4, -0.2) is 22.7 Å². The molecule has 0 aromatic carbocycles. The molecule has 0 aromatic heterocycles. The van der Waals surface area contributed by atoms with E-state index in [-0.39, 0.29) is 6.42 Å². The van der Waals surface area contributed by atoms with Crippen molar-refractivity contribution in [1.29, 1.82) is 0 Å². The minimum atomic E-state index is -0.678. The lowest BCUT2D eigenvalue weighted by Gasteiger charge is -2.66. The maximum Gasteiger partial charge on any atom is 0.303 e. The van der Waals surface area contributed by atoms with E-state index in [0.717, 1.165) is 12.3 Å². The average molecular weight is 279 g/mol. The third kappa shape index (κ3) is 2.61. The van der Waals surface area contributed by atoms with Crippen molar-refractivity contribution < 1.29 is 9.90 Å². The van der Waals surface area contributed by atoms with Crippen molar-refractivity contribution in [3.8, 4) is 0 Å². The standard InChI is InChI=1S/C17H29NO2/c1-12(4-5-14(19)20)18-17-8-13-6-15(2,10-17)9-16(3,7-13)11-17/h12-13,18H,4-11H2,1-3H3,(H,19,20). The van der Waals surface area contributed by atoms with Gasteiger partial charge in [0, 0.05) is 18.0 Å². The number of hydrogen-bond acceptors (Lipinski definition) is 2. The number of carbonyl (C=O) groups is 1. The van der Waals surface area contributed by atoms with Crippen LogP contribution in [0.15, 0.2) is 0 Å². The lowest BCUT2D eigenvalue weighted by atomic mass is 9.42. The second kappa shape index (κ2) is 4.46. The monoisotopic (exact) mass is 279 g/mol. The molecule has 4 aliphatic carbocycles. The molecule has 20 heavy (non-hydrogen) atoms. The van der Waals surface area contributed by atoms with Gasteiger partial charge in [-0.05, 0) is 68.6 Å². The molecule has 3 nitrogen and oxygen atoms in total. The Hall–Kier alpha value is -0.570. The second-order valence-corrected chi connectivity index (χ2v) is 8.89. The molecule has 0 aliphatic heterocycles. The van der Waals surface area contributed by atoms with E-state index in [1.807, 2.05) is 0 Å². The summed E-state index contributed by atoms with van der Waals surface area (Å²) in [6.07, 6.45) is 9.15. The Labute approximate surface area is 122 Å². The van der Waals surface area contributed by atoms with Crippen molar-refractivity contribution in [3.05, 3.63) is 0 Å². The van der Waals surface area contributed by atoms with Crippen molar-refractivity contribution in [2.45, 2.75) is 83.7 Å². The van der Waals surface area contributed by atoms with Crippen molar-refractivity contribution in [3.63, 3.8) is 0 Å². The second-order valence-electron chi connectivity index (χ2n) is 8.89. The first kappa shape index (κ1) is 14.4. The number of aliphatic carboxylic acids is 1. The third-order valence-corrected chi connectivity index (χ3v) is 5.97. The van der Waals surface area contributed by atoms with E-state index < -0.39 is 5.97 Å². The van der Waals surface area contributed by atoms with Gasteiger partial charge in [-0.25, -0.2) is 0 Å². The Balaban J connectivity index is 1.71. The van der Waals surface area contributed by atoms with Crippen molar-refractivity contribution in [1.82, 2.24) is 5.32 Å². The summed E-state index contributed by atoms with van der Waals surface area (Å²) in [7, 11) is 0. The van der Waals surface area contributed by atoms with Crippen LogP contribution < -0.4 is 5.32 Å². The molecule has 0 heterocycles. The first-order chi connectivity index (χ1) is 9.22. The number of nitrogens with one attached hydrogen (secondary N) is 1. The van der Waals surface area contributed by atoms with Gasteiger partial charge in [-0.15, -0.1) is 0 Å².